The minimum atomic E-state index is 0.0248. The van der Waals surface area contributed by atoms with Crippen molar-refractivity contribution in [1.29, 1.82) is 0 Å². The van der Waals surface area contributed by atoms with Crippen LogP contribution in [0.2, 0.25) is 0 Å². The average molecular weight is 260 g/mol. The van der Waals surface area contributed by atoms with E-state index in [1.165, 1.54) is 5.56 Å². The van der Waals surface area contributed by atoms with E-state index in [0.29, 0.717) is 6.42 Å². The standard InChI is InChI=1S/C16H24N2O/c1-4-12(3)18-15(19)10-9-14(17)16(18)13-7-5-11(2)6-8-13/h5-8,12,14,16H,4,9-10,17H2,1-3H3. The summed E-state index contributed by atoms with van der Waals surface area (Å²) in [5.41, 5.74) is 8.69. The molecule has 2 rings (SSSR count). The fourth-order valence-electron chi connectivity index (χ4n) is 2.83. The van der Waals surface area contributed by atoms with Gasteiger partial charge in [0.05, 0.1) is 6.04 Å². The van der Waals surface area contributed by atoms with Gasteiger partial charge in [-0.1, -0.05) is 36.8 Å². The summed E-state index contributed by atoms with van der Waals surface area (Å²) in [6, 6.07) is 8.70. The van der Waals surface area contributed by atoms with Crippen LogP contribution in [0, 0.1) is 6.92 Å². The second kappa shape index (κ2) is 5.74. The smallest absolute Gasteiger partial charge is 0.223 e. The SMILES string of the molecule is CCC(C)N1C(=O)CCC(N)C1c1ccc(C)cc1. The van der Waals surface area contributed by atoms with Crippen molar-refractivity contribution in [2.24, 2.45) is 5.73 Å². The van der Waals surface area contributed by atoms with Gasteiger partial charge in [0.25, 0.3) is 0 Å². The van der Waals surface area contributed by atoms with Gasteiger partial charge >= 0.3 is 0 Å². The number of carbonyl (C=O) groups is 1. The van der Waals surface area contributed by atoms with Crippen LogP contribution in [-0.2, 0) is 4.79 Å². The summed E-state index contributed by atoms with van der Waals surface area (Å²) in [5, 5.41) is 0. The molecule has 104 valence electrons. The molecule has 3 heteroatoms. The van der Waals surface area contributed by atoms with Crippen LogP contribution in [0.3, 0.4) is 0 Å². The molecule has 3 nitrogen and oxygen atoms in total. The van der Waals surface area contributed by atoms with Crippen molar-refractivity contribution in [1.82, 2.24) is 4.90 Å². The third-order valence-corrected chi connectivity index (χ3v) is 4.17. The first kappa shape index (κ1) is 14.1. The molecule has 2 N–H and O–H groups in total. The van der Waals surface area contributed by atoms with Crippen LogP contribution in [0.25, 0.3) is 0 Å². The first-order chi connectivity index (χ1) is 9.04. The number of nitrogens with two attached hydrogens (primary N) is 1. The molecule has 0 saturated carbocycles. The van der Waals surface area contributed by atoms with Crippen molar-refractivity contribution in [3.63, 3.8) is 0 Å². The molecule has 1 amide bonds. The zero-order valence-corrected chi connectivity index (χ0v) is 12.1. The van der Waals surface area contributed by atoms with Crippen molar-refractivity contribution in [2.45, 2.75) is 58.2 Å². The molecule has 1 heterocycles. The average Bonchev–Trinajstić information content (AvgIpc) is 2.41. The fraction of sp³-hybridized carbons (Fsp3) is 0.562. The van der Waals surface area contributed by atoms with Crippen LogP contribution in [-0.4, -0.2) is 22.9 Å². The van der Waals surface area contributed by atoms with Gasteiger partial charge in [0.1, 0.15) is 0 Å². The molecule has 0 aromatic heterocycles. The first-order valence-electron chi connectivity index (χ1n) is 7.18. The maximum atomic E-state index is 12.3. The summed E-state index contributed by atoms with van der Waals surface area (Å²) in [5.74, 6) is 0.238. The number of amides is 1. The fourth-order valence-corrected chi connectivity index (χ4v) is 2.83. The van der Waals surface area contributed by atoms with Gasteiger partial charge in [-0.25, -0.2) is 0 Å². The number of rotatable bonds is 3. The van der Waals surface area contributed by atoms with Crippen LogP contribution < -0.4 is 5.73 Å². The zero-order chi connectivity index (χ0) is 14.0. The molecule has 1 fully saturated rings. The summed E-state index contributed by atoms with van der Waals surface area (Å²) in [6.45, 7) is 6.30. The van der Waals surface area contributed by atoms with Gasteiger partial charge in [0, 0.05) is 18.5 Å². The second-order valence-electron chi connectivity index (χ2n) is 5.62. The summed E-state index contributed by atoms with van der Waals surface area (Å²) in [7, 11) is 0. The van der Waals surface area contributed by atoms with Gasteiger partial charge in [0.2, 0.25) is 5.91 Å². The van der Waals surface area contributed by atoms with Crippen LogP contribution in [0.1, 0.15) is 50.3 Å². The molecule has 1 aromatic carbocycles. The van der Waals surface area contributed by atoms with E-state index in [4.69, 9.17) is 5.73 Å². The molecule has 1 aliphatic heterocycles. The van der Waals surface area contributed by atoms with E-state index in [-0.39, 0.29) is 24.0 Å². The summed E-state index contributed by atoms with van der Waals surface area (Å²) in [6.07, 6.45) is 2.32. The zero-order valence-electron chi connectivity index (χ0n) is 12.1. The molecule has 0 aliphatic carbocycles. The Hall–Kier alpha value is -1.35. The van der Waals surface area contributed by atoms with Gasteiger partial charge in [-0.3, -0.25) is 4.79 Å². The van der Waals surface area contributed by atoms with Gasteiger partial charge in [-0.2, -0.15) is 0 Å². The van der Waals surface area contributed by atoms with Crippen molar-refractivity contribution in [3.8, 4) is 0 Å². The largest absolute Gasteiger partial charge is 0.331 e. The van der Waals surface area contributed by atoms with Crippen molar-refractivity contribution >= 4 is 5.91 Å². The van der Waals surface area contributed by atoms with E-state index >= 15 is 0 Å². The summed E-state index contributed by atoms with van der Waals surface area (Å²) < 4.78 is 0. The summed E-state index contributed by atoms with van der Waals surface area (Å²) in [4.78, 5) is 14.3. The Labute approximate surface area is 115 Å². The van der Waals surface area contributed by atoms with E-state index in [1.807, 2.05) is 4.90 Å². The lowest BCUT2D eigenvalue weighted by molar-refractivity contribution is -0.140. The number of aryl methyl sites for hydroxylation is 1. The second-order valence-corrected chi connectivity index (χ2v) is 5.62. The van der Waals surface area contributed by atoms with Crippen LogP contribution >= 0.6 is 0 Å². The molecular weight excluding hydrogens is 236 g/mol. The molecule has 0 bridgehead atoms. The number of hydrogen-bond acceptors (Lipinski definition) is 2. The highest BCUT2D eigenvalue weighted by molar-refractivity contribution is 5.78. The van der Waals surface area contributed by atoms with E-state index in [0.717, 1.165) is 18.4 Å². The number of piperidine rings is 1. The molecule has 19 heavy (non-hydrogen) atoms. The first-order valence-corrected chi connectivity index (χ1v) is 7.18. The minimum Gasteiger partial charge on any atom is -0.331 e. The molecule has 0 spiro atoms. The van der Waals surface area contributed by atoms with Gasteiger partial charge < -0.3 is 10.6 Å². The van der Waals surface area contributed by atoms with Crippen molar-refractivity contribution < 1.29 is 4.79 Å². The molecule has 0 radical (unpaired) electrons. The van der Waals surface area contributed by atoms with E-state index in [9.17, 15) is 4.79 Å². The number of benzene rings is 1. The normalized spacial score (nSPS) is 25.5. The molecule has 3 unspecified atom stereocenters. The quantitative estimate of drug-likeness (QED) is 0.908. The predicted molar refractivity (Wildman–Crippen MR) is 77.7 cm³/mol. The highest BCUT2D eigenvalue weighted by Gasteiger charge is 2.36. The summed E-state index contributed by atoms with van der Waals surface area (Å²) >= 11 is 0. The Morgan fingerprint density at radius 1 is 1.37 bits per heavy atom. The van der Waals surface area contributed by atoms with Crippen LogP contribution in [0.15, 0.2) is 24.3 Å². The van der Waals surface area contributed by atoms with Crippen molar-refractivity contribution in [2.75, 3.05) is 0 Å². The lowest BCUT2D eigenvalue weighted by Gasteiger charge is -2.43. The monoisotopic (exact) mass is 260 g/mol. The highest BCUT2D eigenvalue weighted by Crippen LogP contribution is 2.33. The van der Waals surface area contributed by atoms with E-state index < -0.39 is 0 Å². The molecule has 1 saturated heterocycles. The Morgan fingerprint density at radius 2 is 2.00 bits per heavy atom. The van der Waals surface area contributed by atoms with Gasteiger partial charge in [-0.05, 0) is 32.3 Å². The number of carbonyl (C=O) groups excluding carboxylic acids is 1. The predicted octanol–water partition coefficient (Wildman–Crippen LogP) is 2.78. The topological polar surface area (TPSA) is 46.3 Å². The molecule has 1 aromatic rings. The minimum absolute atomic E-state index is 0.0248. The number of likely N-dealkylation sites (tertiary alicyclic amines) is 1. The lowest BCUT2D eigenvalue weighted by Crippen LogP contribution is -2.52. The van der Waals surface area contributed by atoms with Crippen LogP contribution in [0.4, 0.5) is 0 Å². The van der Waals surface area contributed by atoms with Gasteiger partial charge in [-0.15, -0.1) is 0 Å². The maximum Gasteiger partial charge on any atom is 0.223 e. The Bertz CT molecular complexity index is 441. The van der Waals surface area contributed by atoms with E-state index in [1.54, 1.807) is 0 Å². The van der Waals surface area contributed by atoms with Crippen LogP contribution in [0.5, 0.6) is 0 Å². The molecule has 1 aliphatic rings. The third-order valence-electron chi connectivity index (χ3n) is 4.17. The number of hydrogen-bond donors (Lipinski definition) is 1. The Balaban J connectivity index is 2.36. The molecule has 3 atom stereocenters. The highest BCUT2D eigenvalue weighted by atomic mass is 16.2. The van der Waals surface area contributed by atoms with Gasteiger partial charge in [0.15, 0.2) is 0 Å². The number of nitrogens with zero attached hydrogens (tertiary/aromatic N) is 1. The Morgan fingerprint density at radius 3 is 2.58 bits per heavy atom. The Kier molecular flexibility index (Phi) is 4.25. The lowest BCUT2D eigenvalue weighted by atomic mass is 9.88. The molecular formula is C16H24N2O. The maximum absolute atomic E-state index is 12.3. The third kappa shape index (κ3) is 2.81. The van der Waals surface area contributed by atoms with Crippen molar-refractivity contribution in [3.05, 3.63) is 35.4 Å². The van der Waals surface area contributed by atoms with E-state index in [2.05, 4.69) is 45.0 Å².